The van der Waals surface area contributed by atoms with Gasteiger partial charge in [-0.05, 0) is 37.6 Å². The number of benzene rings is 1. The summed E-state index contributed by atoms with van der Waals surface area (Å²) in [4.78, 5) is 2.48. The predicted octanol–water partition coefficient (Wildman–Crippen LogP) is 3.08. The number of halogens is 1. The number of likely N-dealkylation sites (N-methyl/N-ethyl adjacent to an activating group) is 1. The molecule has 118 valence electrons. The molecular weight excluding hydrogens is 328 g/mol. The molecule has 0 aliphatic carbocycles. The zero-order valence-electron chi connectivity index (χ0n) is 13.1. The number of rotatable bonds is 7. The van der Waals surface area contributed by atoms with Crippen LogP contribution >= 0.6 is 15.9 Å². The van der Waals surface area contributed by atoms with Crippen molar-refractivity contribution in [3.63, 3.8) is 0 Å². The Labute approximate surface area is 137 Å². The van der Waals surface area contributed by atoms with E-state index in [9.17, 15) is 0 Å². The van der Waals surface area contributed by atoms with Crippen LogP contribution in [-0.4, -0.2) is 49.8 Å². The minimum atomic E-state index is 0.275. The number of hydrogen-bond acceptors (Lipinski definition) is 3. The minimum Gasteiger partial charge on any atom is -0.374 e. The lowest BCUT2D eigenvalue weighted by molar-refractivity contribution is -0.0447. The highest BCUT2D eigenvalue weighted by molar-refractivity contribution is 9.10. The first kappa shape index (κ1) is 16.9. The second-order valence-electron chi connectivity index (χ2n) is 5.66. The maximum Gasteiger partial charge on any atom is 0.0858 e. The van der Waals surface area contributed by atoms with Crippen LogP contribution in [-0.2, 0) is 11.2 Å². The van der Waals surface area contributed by atoms with Gasteiger partial charge in [-0.2, -0.15) is 0 Å². The van der Waals surface area contributed by atoms with Crippen LogP contribution in [0.1, 0.15) is 25.8 Å². The first-order valence-electron chi connectivity index (χ1n) is 8.05. The smallest absolute Gasteiger partial charge is 0.0858 e. The van der Waals surface area contributed by atoms with E-state index in [0.717, 1.165) is 45.6 Å². The quantitative estimate of drug-likeness (QED) is 0.814. The van der Waals surface area contributed by atoms with Gasteiger partial charge in [-0.25, -0.2) is 0 Å². The van der Waals surface area contributed by atoms with Crippen LogP contribution in [0.25, 0.3) is 0 Å². The normalized spacial score (nSPS) is 21.4. The van der Waals surface area contributed by atoms with Crippen LogP contribution in [0.15, 0.2) is 28.7 Å². The molecule has 4 heteroatoms. The van der Waals surface area contributed by atoms with E-state index in [4.69, 9.17) is 4.74 Å². The van der Waals surface area contributed by atoms with Gasteiger partial charge in [-0.3, -0.25) is 4.90 Å². The van der Waals surface area contributed by atoms with Crippen molar-refractivity contribution >= 4 is 15.9 Å². The van der Waals surface area contributed by atoms with Crippen LogP contribution in [0.5, 0.6) is 0 Å². The van der Waals surface area contributed by atoms with E-state index in [1.807, 2.05) is 0 Å². The van der Waals surface area contributed by atoms with Gasteiger partial charge in [0.25, 0.3) is 0 Å². The van der Waals surface area contributed by atoms with Crippen LogP contribution in [0.4, 0.5) is 0 Å². The van der Waals surface area contributed by atoms with Crippen LogP contribution < -0.4 is 5.32 Å². The van der Waals surface area contributed by atoms with Gasteiger partial charge in [0.15, 0.2) is 0 Å². The highest BCUT2D eigenvalue weighted by atomic mass is 79.9. The SMILES string of the molecule is CCCNC(Cc1ccccc1Br)C1CN(CC)CCO1. The van der Waals surface area contributed by atoms with Crippen LogP contribution in [0.3, 0.4) is 0 Å². The third kappa shape index (κ3) is 5.06. The van der Waals surface area contributed by atoms with Crippen molar-refractivity contribution < 1.29 is 4.74 Å². The molecule has 1 saturated heterocycles. The summed E-state index contributed by atoms with van der Waals surface area (Å²) in [6.45, 7) is 9.52. The molecular formula is C17H27BrN2O. The summed E-state index contributed by atoms with van der Waals surface area (Å²) in [7, 11) is 0. The fourth-order valence-corrected chi connectivity index (χ4v) is 3.27. The second-order valence-corrected chi connectivity index (χ2v) is 6.51. The Balaban J connectivity index is 2.05. The summed E-state index contributed by atoms with van der Waals surface area (Å²) in [5.41, 5.74) is 1.35. The van der Waals surface area contributed by atoms with Crippen molar-refractivity contribution in [3.8, 4) is 0 Å². The molecule has 1 heterocycles. The van der Waals surface area contributed by atoms with Gasteiger partial charge in [-0.1, -0.05) is 48.0 Å². The molecule has 2 atom stereocenters. The fourth-order valence-electron chi connectivity index (χ4n) is 2.83. The van der Waals surface area contributed by atoms with Crippen molar-refractivity contribution in [1.29, 1.82) is 0 Å². The molecule has 1 aromatic carbocycles. The zero-order chi connectivity index (χ0) is 15.1. The van der Waals surface area contributed by atoms with Gasteiger partial charge in [0.1, 0.15) is 0 Å². The Bertz CT molecular complexity index is 427. The third-order valence-electron chi connectivity index (χ3n) is 4.13. The third-order valence-corrected chi connectivity index (χ3v) is 4.90. The Morgan fingerprint density at radius 3 is 2.90 bits per heavy atom. The topological polar surface area (TPSA) is 24.5 Å². The Hall–Kier alpha value is -0.420. The molecule has 0 saturated carbocycles. The molecule has 0 aromatic heterocycles. The van der Waals surface area contributed by atoms with E-state index in [0.29, 0.717) is 6.04 Å². The van der Waals surface area contributed by atoms with E-state index in [2.05, 4.69) is 64.3 Å². The molecule has 0 spiro atoms. The van der Waals surface area contributed by atoms with E-state index in [-0.39, 0.29) is 6.10 Å². The standard InChI is InChI=1S/C17H27BrN2O/c1-3-9-19-16(12-14-7-5-6-8-15(14)18)17-13-20(4-2)10-11-21-17/h5-8,16-17,19H,3-4,9-13H2,1-2H3. The molecule has 1 aliphatic heterocycles. The molecule has 3 nitrogen and oxygen atoms in total. The largest absolute Gasteiger partial charge is 0.374 e. The fraction of sp³-hybridized carbons (Fsp3) is 0.647. The van der Waals surface area contributed by atoms with E-state index < -0.39 is 0 Å². The number of morpholine rings is 1. The Kier molecular flexibility index (Phi) is 7.17. The van der Waals surface area contributed by atoms with Crippen molar-refractivity contribution in [2.24, 2.45) is 0 Å². The lowest BCUT2D eigenvalue weighted by Gasteiger charge is -2.37. The number of nitrogens with one attached hydrogen (secondary N) is 1. The van der Waals surface area contributed by atoms with Crippen molar-refractivity contribution in [3.05, 3.63) is 34.3 Å². The van der Waals surface area contributed by atoms with E-state index in [1.165, 1.54) is 10.0 Å². The number of ether oxygens (including phenoxy) is 1. The summed E-state index contributed by atoms with van der Waals surface area (Å²) in [5.74, 6) is 0. The summed E-state index contributed by atoms with van der Waals surface area (Å²) in [5, 5.41) is 3.69. The molecule has 1 aliphatic rings. The molecule has 0 amide bonds. The van der Waals surface area contributed by atoms with Gasteiger partial charge in [0.05, 0.1) is 12.7 Å². The molecule has 21 heavy (non-hydrogen) atoms. The summed E-state index contributed by atoms with van der Waals surface area (Å²) in [6.07, 6.45) is 2.43. The minimum absolute atomic E-state index is 0.275. The van der Waals surface area contributed by atoms with E-state index in [1.54, 1.807) is 0 Å². The van der Waals surface area contributed by atoms with E-state index >= 15 is 0 Å². The Morgan fingerprint density at radius 2 is 2.19 bits per heavy atom. The second kappa shape index (κ2) is 8.89. The van der Waals surface area contributed by atoms with Gasteiger partial charge in [0.2, 0.25) is 0 Å². The van der Waals surface area contributed by atoms with Crippen LogP contribution in [0.2, 0.25) is 0 Å². The summed E-state index contributed by atoms with van der Waals surface area (Å²) >= 11 is 3.66. The van der Waals surface area contributed by atoms with Gasteiger partial charge in [0, 0.05) is 23.6 Å². The summed E-state index contributed by atoms with van der Waals surface area (Å²) < 4.78 is 7.25. The van der Waals surface area contributed by atoms with Crippen molar-refractivity contribution in [1.82, 2.24) is 10.2 Å². The Morgan fingerprint density at radius 1 is 1.38 bits per heavy atom. The molecule has 1 fully saturated rings. The first-order valence-corrected chi connectivity index (χ1v) is 8.84. The van der Waals surface area contributed by atoms with Crippen LogP contribution in [0, 0.1) is 0 Å². The average molecular weight is 355 g/mol. The predicted molar refractivity (Wildman–Crippen MR) is 91.8 cm³/mol. The molecule has 0 bridgehead atoms. The van der Waals surface area contributed by atoms with Gasteiger partial charge >= 0.3 is 0 Å². The zero-order valence-corrected chi connectivity index (χ0v) is 14.7. The van der Waals surface area contributed by atoms with Crippen molar-refractivity contribution in [2.45, 2.75) is 38.8 Å². The summed E-state index contributed by atoms with van der Waals surface area (Å²) in [6, 6.07) is 8.87. The highest BCUT2D eigenvalue weighted by Gasteiger charge is 2.27. The molecule has 1 N–H and O–H groups in total. The molecule has 2 rings (SSSR count). The molecule has 1 aromatic rings. The maximum atomic E-state index is 6.06. The first-order chi connectivity index (χ1) is 10.2. The van der Waals surface area contributed by atoms with Crippen molar-refractivity contribution in [2.75, 3.05) is 32.8 Å². The highest BCUT2D eigenvalue weighted by Crippen LogP contribution is 2.20. The average Bonchev–Trinajstić information content (AvgIpc) is 2.53. The van der Waals surface area contributed by atoms with Gasteiger partial charge in [-0.15, -0.1) is 0 Å². The molecule has 0 radical (unpaired) electrons. The molecule has 2 unspecified atom stereocenters. The monoisotopic (exact) mass is 354 g/mol. The lowest BCUT2D eigenvalue weighted by atomic mass is 9.99. The number of nitrogens with zero attached hydrogens (tertiary/aromatic N) is 1. The number of hydrogen-bond donors (Lipinski definition) is 1. The van der Waals surface area contributed by atoms with Gasteiger partial charge < -0.3 is 10.1 Å². The maximum absolute atomic E-state index is 6.06. The lowest BCUT2D eigenvalue weighted by Crippen LogP contribution is -2.53.